The second-order valence-corrected chi connectivity index (χ2v) is 5.24. The van der Waals surface area contributed by atoms with E-state index < -0.39 is 0 Å². The van der Waals surface area contributed by atoms with E-state index in [0.29, 0.717) is 26.1 Å². The molecule has 2 aromatic rings. The zero-order chi connectivity index (χ0) is 17.2. The van der Waals surface area contributed by atoms with Crippen molar-refractivity contribution < 1.29 is 14.3 Å². The molecule has 24 heavy (non-hydrogen) atoms. The Morgan fingerprint density at radius 3 is 2.75 bits per heavy atom. The van der Waals surface area contributed by atoms with Crippen LogP contribution in [0.5, 0.6) is 11.5 Å². The number of hydrogen-bond donors (Lipinski definition) is 2. The van der Waals surface area contributed by atoms with Gasteiger partial charge >= 0.3 is 0 Å². The topological polar surface area (TPSA) is 72.5 Å². The van der Waals surface area contributed by atoms with E-state index in [-0.39, 0.29) is 5.91 Å². The molecule has 2 rings (SSSR count). The Morgan fingerprint density at radius 2 is 2.04 bits per heavy atom. The van der Waals surface area contributed by atoms with Crippen molar-refractivity contribution in [1.82, 2.24) is 15.6 Å². The van der Waals surface area contributed by atoms with Crippen molar-refractivity contribution in [3.8, 4) is 11.5 Å². The van der Waals surface area contributed by atoms with E-state index in [1.54, 1.807) is 26.6 Å². The van der Waals surface area contributed by atoms with Crippen molar-refractivity contribution in [3.05, 3.63) is 53.9 Å². The van der Waals surface area contributed by atoms with Gasteiger partial charge in [0.05, 0.1) is 14.2 Å². The fourth-order valence-electron chi connectivity index (χ4n) is 2.24. The Bertz CT molecular complexity index is 647. The summed E-state index contributed by atoms with van der Waals surface area (Å²) < 4.78 is 10.6. The Labute approximate surface area is 142 Å². The van der Waals surface area contributed by atoms with Gasteiger partial charge in [-0.1, -0.05) is 6.07 Å². The van der Waals surface area contributed by atoms with Crippen LogP contribution in [0.25, 0.3) is 0 Å². The summed E-state index contributed by atoms with van der Waals surface area (Å²) in [6, 6.07) is 9.43. The fraction of sp³-hybridized carbons (Fsp3) is 0.333. The smallest absolute Gasteiger partial charge is 0.221 e. The monoisotopic (exact) mass is 329 g/mol. The molecule has 1 aromatic carbocycles. The van der Waals surface area contributed by atoms with Crippen LogP contribution in [-0.2, 0) is 17.9 Å². The number of carbonyl (C=O) groups excluding carboxylic acids is 1. The molecule has 0 aliphatic heterocycles. The molecule has 0 aliphatic rings. The van der Waals surface area contributed by atoms with Crippen LogP contribution < -0.4 is 20.1 Å². The number of benzene rings is 1. The quantitative estimate of drug-likeness (QED) is 0.688. The first-order chi connectivity index (χ1) is 11.7. The van der Waals surface area contributed by atoms with Gasteiger partial charge in [-0.3, -0.25) is 9.78 Å². The molecule has 0 spiro atoms. The first-order valence-corrected chi connectivity index (χ1v) is 7.80. The molecule has 0 unspecified atom stereocenters. The van der Waals surface area contributed by atoms with E-state index in [2.05, 4.69) is 15.6 Å². The minimum atomic E-state index is 0.00367. The van der Waals surface area contributed by atoms with Gasteiger partial charge in [0, 0.05) is 44.0 Å². The van der Waals surface area contributed by atoms with Crippen LogP contribution in [0, 0.1) is 0 Å². The van der Waals surface area contributed by atoms with E-state index in [1.165, 1.54) is 0 Å². The van der Waals surface area contributed by atoms with Gasteiger partial charge in [-0.15, -0.1) is 0 Å². The van der Waals surface area contributed by atoms with Crippen LogP contribution in [0.15, 0.2) is 42.7 Å². The largest absolute Gasteiger partial charge is 0.497 e. The predicted molar refractivity (Wildman–Crippen MR) is 92.0 cm³/mol. The number of pyridine rings is 1. The summed E-state index contributed by atoms with van der Waals surface area (Å²) in [4.78, 5) is 15.9. The highest BCUT2D eigenvalue weighted by atomic mass is 16.5. The van der Waals surface area contributed by atoms with E-state index in [1.807, 2.05) is 30.3 Å². The lowest BCUT2D eigenvalue weighted by Gasteiger charge is -2.11. The van der Waals surface area contributed by atoms with Crippen molar-refractivity contribution >= 4 is 5.91 Å². The molecule has 1 amide bonds. The zero-order valence-corrected chi connectivity index (χ0v) is 14.0. The molecule has 2 N–H and O–H groups in total. The molecule has 0 aliphatic carbocycles. The number of rotatable bonds is 9. The maximum absolute atomic E-state index is 11.8. The molecule has 6 nitrogen and oxygen atoms in total. The van der Waals surface area contributed by atoms with Crippen molar-refractivity contribution in [1.29, 1.82) is 0 Å². The summed E-state index contributed by atoms with van der Waals surface area (Å²) >= 11 is 0. The Balaban J connectivity index is 1.71. The summed E-state index contributed by atoms with van der Waals surface area (Å²) in [7, 11) is 3.27. The third-order valence-corrected chi connectivity index (χ3v) is 3.54. The molecular weight excluding hydrogens is 306 g/mol. The van der Waals surface area contributed by atoms with Crippen LogP contribution >= 0.6 is 0 Å². The van der Waals surface area contributed by atoms with Gasteiger partial charge in [-0.2, -0.15) is 0 Å². The summed E-state index contributed by atoms with van der Waals surface area (Å²) in [5.74, 6) is 1.58. The molecule has 6 heteroatoms. The standard InChI is InChI=1S/C18H23N3O3/c1-23-16-5-6-17(24-2)15(10-16)13-20-9-7-18(22)21-12-14-4-3-8-19-11-14/h3-6,8,10-11,20H,7,9,12-13H2,1-2H3,(H,21,22). The lowest BCUT2D eigenvalue weighted by molar-refractivity contribution is -0.121. The first kappa shape index (κ1) is 17.7. The van der Waals surface area contributed by atoms with E-state index >= 15 is 0 Å². The molecule has 0 bridgehead atoms. The lowest BCUT2D eigenvalue weighted by atomic mass is 10.2. The Hall–Kier alpha value is -2.60. The number of carbonyl (C=O) groups is 1. The molecule has 0 radical (unpaired) electrons. The third kappa shape index (κ3) is 5.55. The van der Waals surface area contributed by atoms with Gasteiger partial charge < -0.3 is 20.1 Å². The van der Waals surface area contributed by atoms with Crippen molar-refractivity contribution in [3.63, 3.8) is 0 Å². The summed E-state index contributed by atoms with van der Waals surface area (Å²) in [6.07, 6.45) is 3.86. The second kappa shape index (κ2) is 9.52. The molecule has 0 saturated heterocycles. The van der Waals surface area contributed by atoms with Gasteiger partial charge in [0.15, 0.2) is 0 Å². The molecular formula is C18H23N3O3. The van der Waals surface area contributed by atoms with Gasteiger partial charge in [-0.05, 0) is 29.8 Å². The maximum Gasteiger partial charge on any atom is 0.221 e. The maximum atomic E-state index is 11.8. The summed E-state index contributed by atoms with van der Waals surface area (Å²) in [5, 5.41) is 6.12. The number of nitrogens with one attached hydrogen (secondary N) is 2. The van der Waals surface area contributed by atoms with Crippen molar-refractivity contribution in [2.24, 2.45) is 0 Å². The highest BCUT2D eigenvalue weighted by Gasteiger charge is 2.06. The highest BCUT2D eigenvalue weighted by Crippen LogP contribution is 2.23. The average Bonchev–Trinajstić information content (AvgIpc) is 2.64. The van der Waals surface area contributed by atoms with Gasteiger partial charge in [0.2, 0.25) is 5.91 Å². The molecule has 128 valence electrons. The van der Waals surface area contributed by atoms with E-state index in [9.17, 15) is 4.79 Å². The number of ether oxygens (including phenoxy) is 2. The molecule has 0 saturated carbocycles. The third-order valence-electron chi connectivity index (χ3n) is 3.54. The number of hydrogen-bond acceptors (Lipinski definition) is 5. The second-order valence-electron chi connectivity index (χ2n) is 5.24. The minimum Gasteiger partial charge on any atom is -0.497 e. The van der Waals surface area contributed by atoms with Crippen LogP contribution in [0.1, 0.15) is 17.5 Å². The molecule has 1 heterocycles. The van der Waals surface area contributed by atoms with E-state index in [0.717, 1.165) is 22.6 Å². The van der Waals surface area contributed by atoms with Gasteiger partial charge in [0.25, 0.3) is 0 Å². The molecule has 1 aromatic heterocycles. The minimum absolute atomic E-state index is 0.00367. The SMILES string of the molecule is COc1ccc(OC)c(CNCCC(=O)NCc2cccnc2)c1. The average molecular weight is 329 g/mol. The fourth-order valence-corrected chi connectivity index (χ4v) is 2.24. The summed E-state index contributed by atoms with van der Waals surface area (Å²) in [6.45, 7) is 1.69. The number of methoxy groups -OCH3 is 2. The Kier molecular flexibility index (Phi) is 7.04. The van der Waals surface area contributed by atoms with Crippen LogP contribution in [0.3, 0.4) is 0 Å². The van der Waals surface area contributed by atoms with Crippen molar-refractivity contribution in [2.45, 2.75) is 19.5 Å². The van der Waals surface area contributed by atoms with Gasteiger partial charge in [-0.25, -0.2) is 0 Å². The van der Waals surface area contributed by atoms with Crippen LogP contribution in [-0.4, -0.2) is 31.7 Å². The lowest BCUT2D eigenvalue weighted by Crippen LogP contribution is -2.27. The van der Waals surface area contributed by atoms with Gasteiger partial charge in [0.1, 0.15) is 11.5 Å². The zero-order valence-electron chi connectivity index (χ0n) is 14.0. The normalized spacial score (nSPS) is 10.2. The first-order valence-electron chi connectivity index (χ1n) is 7.80. The predicted octanol–water partition coefficient (Wildman–Crippen LogP) is 1.89. The summed E-state index contributed by atoms with van der Waals surface area (Å²) in [5.41, 5.74) is 1.98. The number of nitrogens with zero attached hydrogens (tertiary/aromatic N) is 1. The number of amides is 1. The molecule has 0 fully saturated rings. The van der Waals surface area contributed by atoms with E-state index in [4.69, 9.17) is 9.47 Å². The van der Waals surface area contributed by atoms with Crippen LogP contribution in [0.4, 0.5) is 0 Å². The van der Waals surface area contributed by atoms with Crippen LogP contribution in [0.2, 0.25) is 0 Å². The van der Waals surface area contributed by atoms with Crippen molar-refractivity contribution in [2.75, 3.05) is 20.8 Å². The Morgan fingerprint density at radius 1 is 1.17 bits per heavy atom. The highest BCUT2D eigenvalue weighted by molar-refractivity contribution is 5.76. The number of aromatic nitrogens is 1. The molecule has 0 atom stereocenters.